The lowest BCUT2D eigenvalue weighted by Gasteiger charge is -2.23. The van der Waals surface area contributed by atoms with Crippen molar-refractivity contribution in [3.8, 4) is 0 Å². The van der Waals surface area contributed by atoms with E-state index in [1.165, 1.54) is 6.08 Å². The molecule has 0 aromatic carbocycles. The summed E-state index contributed by atoms with van der Waals surface area (Å²) >= 11 is 0. The van der Waals surface area contributed by atoms with E-state index in [9.17, 15) is 9.90 Å². The van der Waals surface area contributed by atoms with Crippen LogP contribution in [0.5, 0.6) is 0 Å². The van der Waals surface area contributed by atoms with Crippen LogP contribution >= 0.6 is 0 Å². The number of ether oxygens (including phenoxy) is 1. The predicted molar refractivity (Wildman–Crippen MR) is 51.6 cm³/mol. The molecule has 1 unspecified atom stereocenters. The minimum atomic E-state index is -1.25. The summed E-state index contributed by atoms with van der Waals surface area (Å²) in [7, 11) is 0. The van der Waals surface area contributed by atoms with Crippen molar-refractivity contribution >= 4 is 5.78 Å². The van der Waals surface area contributed by atoms with Gasteiger partial charge in [0.05, 0.1) is 0 Å². The molecular formula is C11H16O3. The van der Waals surface area contributed by atoms with E-state index in [1.807, 2.05) is 0 Å². The van der Waals surface area contributed by atoms with Gasteiger partial charge in [-0.25, -0.2) is 0 Å². The average Bonchev–Trinajstić information content (AvgIpc) is 2.18. The van der Waals surface area contributed by atoms with Crippen molar-refractivity contribution in [2.45, 2.75) is 45.3 Å². The quantitative estimate of drug-likeness (QED) is 0.637. The number of ketones is 1. The fraction of sp³-hybridized carbons (Fsp3) is 0.727. The van der Waals surface area contributed by atoms with Gasteiger partial charge in [-0.1, -0.05) is 13.8 Å². The standard InChI is InChI=1S/C11H16O3/c1-10(2)5-7-6-11(3,13)8(12)4-9(10)14-7/h4,7,13H,5-6H2,1-3H3/t7-,11?/m0/s1. The molecule has 78 valence electrons. The zero-order valence-electron chi connectivity index (χ0n) is 8.83. The van der Waals surface area contributed by atoms with Crippen LogP contribution in [0, 0.1) is 5.41 Å². The second-order valence-electron chi connectivity index (χ2n) is 5.18. The third-order valence-electron chi connectivity index (χ3n) is 3.12. The van der Waals surface area contributed by atoms with Gasteiger partial charge < -0.3 is 9.84 Å². The highest BCUT2D eigenvalue weighted by Gasteiger charge is 2.46. The molecule has 14 heavy (non-hydrogen) atoms. The van der Waals surface area contributed by atoms with E-state index in [2.05, 4.69) is 13.8 Å². The van der Waals surface area contributed by atoms with Crippen molar-refractivity contribution in [1.82, 2.24) is 0 Å². The maximum Gasteiger partial charge on any atom is 0.190 e. The summed E-state index contributed by atoms with van der Waals surface area (Å²) in [4.78, 5) is 11.6. The molecule has 0 aromatic rings. The van der Waals surface area contributed by atoms with Crippen molar-refractivity contribution in [3.05, 3.63) is 11.8 Å². The predicted octanol–water partition coefficient (Wildman–Crippen LogP) is 1.41. The van der Waals surface area contributed by atoms with Crippen LogP contribution in [0.3, 0.4) is 0 Å². The second kappa shape index (κ2) is 2.60. The molecule has 0 saturated carbocycles. The van der Waals surface area contributed by atoms with Gasteiger partial charge in [-0.3, -0.25) is 4.79 Å². The third-order valence-corrected chi connectivity index (χ3v) is 3.12. The van der Waals surface area contributed by atoms with Gasteiger partial charge in [0.2, 0.25) is 0 Å². The van der Waals surface area contributed by atoms with Crippen molar-refractivity contribution in [1.29, 1.82) is 0 Å². The summed E-state index contributed by atoms with van der Waals surface area (Å²) in [5, 5.41) is 9.84. The Morgan fingerprint density at radius 1 is 1.43 bits per heavy atom. The van der Waals surface area contributed by atoms with Gasteiger partial charge in [-0.05, 0) is 13.3 Å². The van der Waals surface area contributed by atoms with Gasteiger partial charge in [0.1, 0.15) is 17.5 Å². The topological polar surface area (TPSA) is 46.5 Å². The van der Waals surface area contributed by atoms with Crippen molar-refractivity contribution < 1.29 is 14.6 Å². The van der Waals surface area contributed by atoms with E-state index >= 15 is 0 Å². The zero-order valence-corrected chi connectivity index (χ0v) is 8.83. The Bertz CT molecular complexity index is 310. The molecule has 2 bridgehead atoms. The van der Waals surface area contributed by atoms with Crippen LogP contribution in [0.25, 0.3) is 0 Å². The Kier molecular flexibility index (Phi) is 1.80. The maximum absolute atomic E-state index is 11.6. The van der Waals surface area contributed by atoms with Crippen LogP contribution in [0.2, 0.25) is 0 Å². The maximum atomic E-state index is 11.6. The lowest BCUT2D eigenvalue weighted by Crippen LogP contribution is -2.37. The fourth-order valence-electron chi connectivity index (χ4n) is 2.21. The molecule has 3 nitrogen and oxygen atoms in total. The molecule has 2 rings (SSSR count). The first-order chi connectivity index (χ1) is 6.31. The first-order valence-corrected chi connectivity index (χ1v) is 4.97. The number of hydrogen-bond acceptors (Lipinski definition) is 3. The summed E-state index contributed by atoms with van der Waals surface area (Å²) in [5.74, 6) is 0.494. The first kappa shape index (κ1) is 9.71. The molecule has 0 spiro atoms. The Balaban J connectivity index is 2.40. The molecule has 2 atom stereocenters. The first-order valence-electron chi connectivity index (χ1n) is 4.97. The van der Waals surface area contributed by atoms with Crippen LogP contribution in [0.15, 0.2) is 11.8 Å². The van der Waals surface area contributed by atoms with E-state index in [-0.39, 0.29) is 17.3 Å². The Morgan fingerprint density at radius 3 is 2.71 bits per heavy atom. The molecule has 0 aliphatic carbocycles. The number of allylic oxidation sites excluding steroid dienone is 1. The van der Waals surface area contributed by atoms with Gasteiger partial charge >= 0.3 is 0 Å². The summed E-state index contributed by atoms with van der Waals surface area (Å²) in [6.07, 6.45) is 2.72. The Labute approximate surface area is 83.8 Å². The van der Waals surface area contributed by atoms with Gasteiger partial charge in [-0.15, -0.1) is 0 Å². The molecule has 2 aliphatic rings. The van der Waals surface area contributed by atoms with Crippen LogP contribution in [-0.2, 0) is 9.53 Å². The number of carbonyl (C=O) groups excluding carboxylic acids is 1. The Hall–Kier alpha value is -0.830. The highest BCUT2D eigenvalue weighted by Crippen LogP contribution is 2.45. The lowest BCUT2D eigenvalue weighted by molar-refractivity contribution is -0.132. The molecule has 1 fully saturated rings. The van der Waals surface area contributed by atoms with Crippen LogP contribution in [-0.4, -0.2) is 22.6 Å². The van der Waals surface area contributed by atoms with Crippen molar-refractivity contribution in [2.24, 2.45) is 5.41 Å². The summed E-state index contributed by atoms with van der Waals surface area (Å²) in [6, 6.07) is 0. The van der Waals surface area contributed by atoms with E-state index in [0.717, 1.165) is 12.2 Å². The summed E-state index contributed by atoms with van der Waals surface area (Å²) in [6.45, 7) is 5.68. The van der Waals surface area contributed by atoms with Gasteiger partial charge in [-0.2, -0.15) is 0 Å². The van der Waals surface area contributed by atoms with Crippen molar-refractivity contribution in [2.75, 3.05) is 0 Å². The minimum Gasteiger partial charge on any atom is -0.494 e. The molecule has 3 heteroatoms. The summed E-state index contributed by atoms with van der Waals surface area (Å²) < 4.78 is 5.62. The highest BCUT2D eigenvalue weighted by molar-refractivity contribution is 5.97. The normalized spacial score (nSPS) is 40.1. The number of hydrogen-bond donors (Lipinski definition) is 1. The van der Waals surface area contributed by atoms with E-state index in [4.69, 9.17) is 4.74 Å². The molecular weight excluding hydrogens is 180 g/mol. The smallest absolute Gasteiger partial charge is 0.190 e. The van der Waals surface area contributed by atoms with Crippen LogP contribution in [0.4, 0.5) is 0 Å². The number of rotatable bonds is 0. The second-order valence-corrected chi connectivity index (χ2v) is 5.18. The number of carbonyl (C=O) groups is 1. The number of fused-ring (bicyclic) bond motifs is 2. The van der Waals surface area contributed by atoms with E-state index in [1.54, 1.807) is 6.92 Å². The molecule has 2 aliphatic heterocycles. The van der Waals surface area contributed by atoms with Crippen molar-refractivity contribution in [3.63, 3.8) is 0 Å². The largest absolute Gasteiger partial charge is 0.494 e. The molecule has 1 saturated heterocycles. The Morgan fingerprint density at radius 2 is 2.07 bits per heavy atom. The fourth-order valence-corrected chi connectivity index (χ4v) is 2.21. The van der Waals surface area contributed by atoms with Gasteiger partial charge in [0.25, 0.3) is 0 Å². The average molecular weight is 196 g/mol. The molecule has 1 N–H and O–H groups in total. The number of aliphatic hydroxyl groups is 1. The zero-order chi connectivity index (χ0) is 10.6. The van der Waals surface area contributed by atoms with Gasteiger partial charge in [0.15, 0.2) is 5.78 Å². The summed E-state index contributed by atoms with van der Waals surface area (Å²) in [5.41, 5.74) is -1.31. The molecule has 2 heterocycles. The van der Waals surface area contributed by atoms with E-state index in [0.29, 0.717) is 6.42 Å². The van der Waals surface area contributed by atoms with E-state index < -0.39 is 5.60 Å². The highest BCUT2D eigenvalue weighted by atomic mass is 16.5. The minimum absolute atomic E-state index is 0.0160. The van der Waals surface area contributed by atoms with Crippen LogP contribution < -0.4 is 0 Å². The SMILES string of the molecule is CC1(C)C[C@H]2CC(C)(O)C(=O)C=C1O2. The lowest BCUT2D eigenvalue weighted by atomic mass is 9.80. The third kappa shape index (κ3) is 1.36. The molecule has 0 amide bonds. The molecule has 0 radical (unpaired) electrons. The molecule has 0 aromatic heterocycles. The monoisotopic (exact) mass is 196 g/mol. The van der Waals surface area contributed by atoms with Gasteiger partial charge in [0, 0.05) is 17.9 Å². The van der Waals surface area contributed by atoms with Crippen LogP contribution in [0.1, 0.15) is 33.6 Å².